The maximum absolute atomic E-state index is 12.2. The number of carbonyl (C=O) groups is 2. The molecule has 2 heterocycles. The Hall–Kier alpha value is -2.06. The summed E-state index contributed by atoms with van der Waals surface area (Å²) in [4.78, 5) is 28.7. The monoisotopic (exact) mass is 363 g/mol. The number of aliphatic imine (C=N–C) groups is 1. The van der Waals surface area contributed by atoms with E-state index in [1.165, 1.54) is 11.8 Å². The maximum Gasteiger partial charge on any atom is 0.240 e. The number of anilines is 1. The fourth-order valence-corrected chi connectivity index (χ4v) is 3.68. The summed E-state index contributed by atoms with van der Waals surface area (Å²) >= 11 is 1.29. The highest BCUT2D eigenvalue weighted by atomic mass is 32.2. The van der Waals surface area contributed by atoms with Crippen molar-refractivity contribution in [2.75, 3.05) is 25.6 Å². The molecule has 1 aromatic carbocycles. The van der Waals surface area contributed by atoms with E-state index in [1.54, 1.807) is 19.2 Å². The van der Waals surface area contributed by atoms with Crippen LogP contribution in [0.1, 0.15) is 19.3 Å². The summed E-state index contributed by atoms with van der Waals surface area (Å²) in [6.45, 7) is 1.32. The van der Waals surface area contributed by atoms with Gasteiger partial charge in [0.25, 0.3) is 0 Å². The van der Waals surface area contributed by atoms with Gasteiger partial charge in [-0.05, 0) is 25.0 Å². The van der Waals surface area contributed by atoms with Crippen LogP contribution >= 0.6 is 11.8 Å². The van der Waals surface area contributed by atoms with Crippen molar-refractivity contribution < 1.29 is 19.1 Å². The number of amides is 2. The first kappa shape index (κ1) is 17.8. The number of rotatable bonds is 6. The van der Waals surface area contributed by atoms with Crippen molar-refractivity contribution in [2.24, 2.45) is 4.99 Å². The highest BCUT2D eigenvalue weighted by Gasteiger charge is 2.32. The van der Waals surface area contributed by atoms with Crippen LogP contribution in [0.25, 0.3) is 0 Å². The molecule has 0 aliphatic carbocycles. The number of thioether (sulfide) groups is 1. The van der Waals surface area contributed by atoms with Gasteiger partial charge in [0.15, 0.2) is 5.17 Å². The second-order valence-electron chi connectivity index (χ2n) is 5.83. The largest absolute Gasteiger partial charge is 0.495 e. The van der Waals surface area contributed by atoms with E-state index < -0.39 is 5.25 Å². The fraction of sp³-hybridized carbons (Fsp3) is 0.471. The van der Waals surface area contributed by atoms with Crippen molar-refractivity contribution in [3.63, 3.8) is 0 Å². The number of hydrogen-bond donors (Lipinski definition) is 2. The first-order valence-corrected chi connectivity index (χ1v) is 9.10. The minimum absolute atomic E-state index is 0.0769. The van der Waals surface area contributed by atoms with E-state index in [9.17, 15) is 9.59 Å². The van der Waals surface area contributed by atoms with Crippen LogP contribution in [0, 0.1) is 0 Å². The number of nitrogens with zero attached hydrogens (tertiary/aromatic N) is 1. The zero-order chi connectivity index (χ0) is 17.6. The zero-order valence-electron chi connectivity index (χ0n) is 14.0. The van der Waals surface area contributed by atoms with Crippen molar-refractivity contribution in [2.45, 2.75) is 30.6 Å². The van der Waals surface area contributed by atoms with E-state index in [4.69, 9.17) is 9.47 Å². The number of carbonyl (C=O) groups excluding carboxylic acids is 2. The normalized spacial score (nSPS) is 24.4. The third kappa shape index (κ3) is 4.73. The lowest BCUT2D eigenvalue weighted by atomic mass is 10.2. The van der Waals surface area contributed by atoms with Crippen LogP contribution in [-0.2, 0) is 14.3 Å². The van der Waals surface area contributed by atoms with Gasteiger partial charge < -0.3 is 20.1 Å². The predicted molar refractivity (Wildman–Crippen MR) is 97.0 cm³/mol. The molecule has 2 fully saturated rings. The van der Waals surface area contributed by atoms with Gasteiger partial charge in [0.2, 0.25) is 11.8 Å². The molecule has 2 N–H and O–H groups in total. The van der Waals surface area contributed by atoms with E-state index in [2.05, 4.69) is 15.6 Å². The van der Waals surface area contributed by atoms with E-state index in [0.29, 0.717) is 23.1 Å². The van der Waals surface area contributed by atoms with Crippen molar-refractivity contribution in [3.8, 4) is 5.75 Å². The van der Waals surface area contributed by atoms with Crippen LogP contribution < -0.4 is 15.4 Å². The van der Waals surface area contributed by atoms with Crippen LogP contribution in [0.15, 0.2) is 29.3 Å². The van der Waals surface area contributed by atoms with Gasteiger partial charge in [-0.2, -0.15) is 0 Å². The van der Waals surface area contributed by atoms with Crippen LogP contribution in [-0.4, -0.2) is 48.6 Å². The average molecular weight is 363 g/mol. The van der Waals surface area contributed by atoms with Gasteiger partial charge in [-0.25, -0.2) is 0 Å². The van der Waals surface area contributed by atoms with Gasteiger partial charge >= 0.3 is 0 Å². The summed E-state index contributed by atoms with van der Waals surface area (Å²) in [7, 11) is 1.54. The average Bonchev–Trinajstić information content (AvgIpc) is 3.23. The Kier molecular flexibility index (Phi) is 5.93. The molecule has 2 aliphatic rings. The van der Waals surface area contributed by atoms with E-state index in [-0.39, 0.29) is 24.3 Å². The summed E-state index contributed by atoms with van der Waals surface area (Å²) in [6, 6.07) is 7.16. The highest BCUT2D eigenvalue weighted by molar-refractivity contribution is 8.15. The number of nitrogens with one attached hydrogen (secondary N) is 2. The molecule has 2 saturated heterocycles. The molecule has 3 rings (SSSR count). The van der Waals surface area contributed by atoms with Crippen LogP contribution in [0.3, 0.4) is 0 Å². The van der Waals surface area contributed by atoms with Crippen LogP contribution in [0.2, 0.25) is 0 Å². The molecule has 25 heavy (non-hydrogen) atoms. The topological polar surface area (TPSA) is 89.0 Å². The SMILES string of the molecule is COc1ccccc1NC(=O)C[C@H]1SC(=NC[C@H]2CCCO2)NC1=O. The van der Waals surface area contributed by atoms with E-state index >= 15 is 0 Å². The molecular formula is C17H21N3O4S. The Balaban J connectivity index is 1.52. The number of benzene rings is 1. The number of para-hydroxylation sites is 2. The van der Waals surface area contributed by atoms with Crippen molar-refractivity contribution in [1.82, 2.24) is 5.32 Å². The summed E-state index contributed by atoms with van der Waals surface area (Å²) < 4.78 is 10.7. The van der Waals surface area contributed by atoms with Crippen molar-refractivity contribution >= 4 is 34.4 Å². The lowest BCUT2D eigenvalue weighted by molar-refractivity contribution is -0.122. The number of ether oxygens (including phenoxy) is 2. The van der Waals surface area contributed by atoms with Gasteiger partial charge in [-0.1, -0.05) is 23.9 Å². The summed E-state index contributed by atoms with van der Waals surface area (Å²) in [5.74, 6) is 0.155. The van der Waals surface area contributed by atoms with E-state index in [1.807, 2.05) is 12.1 Å². The molecule has 2 atom stereocenters. The summed E-state index contributed by atoms with van der Waals surface area (Å²) in [5, 5.41) is 5.61. The summed E-state index contributed by atoms with van der Waals surface area (Å²) in [6.07, 6.45) is 2.27. The minimum Gasteiger partial charge on any atom is -0.495 e. The Morgan fingerprint density at radius 1 is 1.48 bits per heavy atom. The Morgan fingerprint density at radius 2 is 2.32 bits per heavy atom. The van der Waals surface area contributed by atoms with Gasteiger partial charge in [0.05, 0.1) is 25.4 Å². The zero-order valence-corrected chi connectivity index (χ0v) is 14.8. The first-order chi connectivity index (χ1) is 12.2. The van der Waals surface area contributed by atoms with Gasteiger partial charge in [-0.15, -0.1) is 0 Å². The van der Waals surface area contributed by atoms with Crippen LogP contribution in [0.5, 0.6) is 5.75 Å². The smallest absolute Gasteiger partial charge is 0.240 e. The van der Waals surface area contributed by atoms with Gasteiger partial charge in [0.1, 0.15) is 11.0 Å². The first-order valence-electron chi connectivity index (χ1n) is 8.22. The van der Waals surface area contributed by atoms with Gasteiger partial charge in [0, 0.05) is 13.0 Å². The predicted octanol–water partition coefficient (Wildman–Crippen LogP) is 1.79. The molecule has 8 heteroatoms. The number of methoxy groups -OCH3 is 1. The Morgan fingerprint density at radius 3 is 3.08 bits per heavy atom. The molecule has 0 saturated carbocycles. The van der Waals surface area contributed by atoms with E-state index in [0.717, 1.165) is 19.4 Å². The standard InChI is InChI=1S/C17H21N3O4S/c1-23-13-7-3-2-6-12(13)19-15(21)9-14-16(22)20-17(25-14)18-10-11-5-4-8-24-11/h2-3,6-7,11,14H,4-5,8-10H2,1H3,(H,19,21)(H,18,20,22)/t11-,14-/m1/s1. The Bertz CT molecular complexity index is 674. The minimum atomic E-state index is -0.474. The lowest BCUT2D eigenvalue weighted by Gasteiger charge is -2.10. The molecule has 0 unspecified atom stereocenters. The third-order valence-corrected chi connectivity index (χ3v) is 5.11. The molecule has 7 nitrogen and oxygen atoms in total. The third-order valence-electron chi connectivity index (χ3n) is 3.99. The Labute approximate surface area is 150 Å². The highest BCUT2D eigenvalue weighted by Crippen LogP contribution is 2.26. The fourth-order valence-electron chi connectivity index (χ4n) is 2.71. The summed E-state index contributed by atoms with van der Waals surface area (Å²) in [5.41, 5.74) is 0.589. The van der Waals surface area contributed by atoms with Crippen molar-refractivity contribution in [1.29, 1.82) is 0 Å². The van der Waals surface area contributed by atoms with Gasteiger partial charge in [-0.3, -0.25) is 14.6 Å². The quantitative estimate of drug-likeness (QED) is 0.804. The lowest BCUT2D eigenvalue weighted by Crippen LogP contribution is -2.28. The molecule has 0 spiro atoms. The molecule has 2 amide bonds. The van der Waals surface area contributed by atoms with Crippen molar-refractivity contribution in [3.05, 3.63) is 24.3 Å². The second-order valence-corrected chi connectivity index (χ2v) is 7.02. The molecule has 1 aromatic rings. The second kappa shape index (κ2) is 8.35. The molecule has 2 aliphatic heterocycles. The number of hydrogen-bond acceptors (Lipinski definition) is 6. The maximum atomic E-state index is 12.2. The molecular weight excluding hydrogens is 342 g/mol. The molecule has 0 aromatic heterocycles. The molecule has 134 valence electrons. The number of amidine groups is 1. The molecule has 0 bridgehead atoms. The van der Waals surface area contributed by atoms with Crippen LogP contribution in [0.4, 0.5) is 5.69 Å². The molecule has 0 radical (unpaired) electrons.